The van der Waals surface area contributed by atoms with Crippen molar-refractivity contribution >= 4 is 29.7 Å². The lowest BCUT2D eigenvalue weighted by molar-refractivity contribution is -0.383. The van der Waals surface area contributed by atoms with Gasteiger partial charge in [0.05, 0.1) is 11.5 Å². The number of rotatable bonds is 5. The van der Waals surface area contributed by atoms with Crippen LogP contribution in [0.15, 0.2) is 24.3 Å². The number of carbonyl (C=O) groups excluding carboxylic acids is 1. The summed E-state index contributed by atoms with van der Waals surface area (Å²) in [6.07, 6.45) is 2.16. The summed E-state index contributed by atoms with van der Waals surface area (Å²) < 4.78 is 0. The van der Waals surface area contributed by atoms with E-state index in [0.717, 1.165) is 25.9 Å². The first-order chi connectivity index (χ1) is 10.1. The van der Waals surface area contributed by atoms with Crippen LogP contribution in [0.2, 0.25) is 0 Å². The summed E-state index contributed by atoms with van der Waals surface area (Å²) >= 11 is 0. The first-order valence-electron chi connectivity index (χ1n) is 7.03. The lowest BCUT2D eigenvalue weighted by Crippen LogP contribution is -2.46. The Morgan fingerprint density at radius 1 is 1.45 bits per heavy atom. The predicted molar refractivity (Wildman–Crippen MR) is 87.5 cm³/mol. The van der Waals surface area contributed by atoms with E-state index in [1.807, 2.05) is 7.05 Å². The standard InChI is InChI=1S/C14H20N4O3.ClH/c1-15-11-5-4-8-17(9-11)10-14(19)16-12-6-2-3-7-13(12)18(20)21;/h2-3,6-7,11,15H,4-5,8-10H2,1H3,(H,16,19);1H. The first-order valence-corrected chi connectivity index (χ1v) is 7.03. The molecular weight excluding hydrogens is 308 g/mol. The van der Waals surface area contributed by atoms with E-state index >= 15 is 0 Å². The van der Waals surface area contributed by atoms with Crippen LogP contribution in [0.4, 0.5) is 11.4 Å². The molecule has 7 nitrogen and oxygen atoms in total. The summed E-state index contributed by atoms with van der Waals surface area (Å²) in [5, 5.41) is 16.8. The SMILES string of the molecule is CNC1CCCN(CC(=O)Nc2ccccc2[N+](=O)[O-])C1.Cl. The maximum Gasteiger partial charge on any atom is 0.292 e. The molecule has 0 spiro atoms. The second-order valence-electron chi connectivity index (χ2n) is 5.19. The number of amides is 1. The monoisotopic (exact) mass is 328 g/mol. The van der Waals surface area contributed by atoms with Crippen LogP contribution in [0, 0.1) is 10.1 Å². The van der Waals surface area contributed by atoms with E-state index in [-0.39, 0.29) is 36.2 Å². The van der Waals surface area contributed by atoms with Gasteiger partial charge in [0.1, 0.15) is 5.69 Å². The molecule has 1 aliphatic rings. The van der Waals surface area contributed by atoms with Gasteiger partial charge in [-0.15, -0.1) is 12.4 Å². The Morgan fingerprint density at radius 3 is 2.86 bits per heavy atom. The van der Waals surface area contributed by atoms with Crippen molar-refractivity contribution in [1.29, 1.82) is 0 Å². The summed E-state index contributed by atoms with van der Waals surface area (Å²) in [4.78, 5) is 24.5. The highest BCUT2D eigenvalue weighted by Crippen LogP contribution is 2.23. The number of likely N-dealkylation sites (tertiary alicyclic amines) is 1. The molecule has 8 heteroatoms. The number of nitro groups is 1. The molecule has 0 aliphatic carbocycles. The number of nitro benzene ring substituents is 1. The zero-order chi connectivity index (χ0) is 15.2. The number of halogens is 1. The molecule has 0 bridgehead atoms. The summed E-state index contributed by atoms with van der Waals surface area (Å²) in [6, 6.07) is 6.57. The highest BCUT2D eigenvalue weighted by atomic mass is 35.5. The first kappa shape index (κ1) is 18.3. The van der Waals surface area contributed by atoms with E-state index in [4.69, 9.17) is 0 Å². The summed E-state index contributed by atoms with van der Waals surface area (Å²) in [5.74, 6) is -0.221. The van der Waals surface area contributed by atoms with Crippen LogP contribution in [0.25, 0.3) is 0 Å². The van der Waals surface area contributed by atoms with Crippen LogP contribution >= 0.6 is 12.4 Å². The fourth-order valence-corrected chi connectivity index (χ4v) is 2.57. The zero-order valence-corrected chi connectivity index (χ0v) is 13.3. The molecular formula is C14H21ClN4O3. The van der Waals surface area contributed by atoms with Crippen molar-refractivity contribution in [1.82, 2.24) is 10.2 Å². The van der Waals surface area contributed by atoms with Crippen molar-refractivity contribution in [2.45, 2.75) is 18.9 Å². The molecule has 1 atom stereocenters. The van der Waals surface area contributed by atoms with Crippen molar-refractivity contribution in [2.24, 2.45) is 0 Å². The number of nitrogens with one attached hydrogen (secondary N) is 2. The zero-order valence-electron chi connectivity index (χ0n) is 12.4. The third kappa shape index (κ3) is 4.94. The second-order valence-corrected chi connectivity index (χ2v) is 5.19. The van der Waals surface area contributed by atoms with Gasteiger partial charge < -0.3 is 10.6 Å². The molecule has 1 unspecified atom stereocenters. The lowest BCUT2D eigenvalue weighted by Gasteiger charge is -2.31. The Bertz CT molecular complexity index is 527. The Morgan fingerprint density at radius 2 is 2.18 bits per heavy atom. The van der Waals surface area contributed by atoms with Gasteiger partial charge in [-0.2, -0.15) is 0 Å². The number of hydrogen-bond acceptors (Lipinski definition) is 5. The topological polar surface area (TPSA) is 87.5 Å². The maximum atomic E-state index is 12.1. The largest absolute Gasteiger partial charge is 0.319 e. The van der Waals surface area contributed by atoms with Crippen LogP contribution in [0.5, 0.6) is 0 Å². The summed E-state index contributed by atoms with van der Waals surface area (Å²) in [5.41, 5.74) is 0.160. The number of benzene rings is 1. The van der Waals surface area contributed by atoms with Crippen LogP contribution in [-0.4, -0.2) is 48.5 Å². The summed E-state index contributed by atoms with van der Waals surface area (Å²) in [6.45, 7) is 1.95. The molecule has 1 fully saturated rings. The van der Waals surface area contributed by atoms with Crippen LogP contribution in [0.3, 0.4) is 0 Å². The Hall–Kier alpha value is -1.70. The van der Waals surface area contributed by atoms with E-state index in [9.17, 15) is 14.9 Å². The number of hydrogen-bond donors (Lipinski definition) is 2. The molecule has 1 aromatic rings. The van der Waals surface area contributed by atoms with Crippen molar-refractivity contribution in [3.63, 3.8) is 0 Å². The van der Waals surface area contributed by atoms with Gasteiger partial charge in [0.25, 0.3) is 5.69 Å². The molecule has 1 saturated heterocycles. The average molecular weight is 329 g/mol. The van der Waals surface area contributed by atoms with Gasteiger partial charge in [0, 0.05) is 18.7 Å². The molecule has 122 valence electrons. The molecule has 1 amide bonds. The molecule has 0 aromatic heterocycles. The molecule has 1 heterocycles. The van der Waals surface area contributed by atoms with E-state index in [2.05, 4.69) is 15.5 Å². The van der Waals surface area contributed by atoms with Crippen molar-refractivity contribution < 1.29 is 9.72 Å². The predicted octanol–water partition coefficient (Wildman–Crippen LogP) is 1.64. The van der Waals surface area contributed by atoms with Gasteiger partial charge in [-0.1, -0.05) is 12.1 Å². The van der Waals surface area contributed by atoms with Gasteiger partial charge in [-0.25, -0.2) is 0 Å². The number of nitrogens with zero attached hydrogens (tertiary/aromatic N) is 2. The molecule has 0 radical (unpaired) electrons. The van der Waals surface area contributed by atoms with Gasteiger partial charge in [-0.3, -0.25) is 19.8 Å². The van der Waals surface area contributed by atoms with E-state index in [1.54, 1.807) is 18.2 Å². The van der Waals surface area contributed by atoms with Gasteiger partial charge >= 0.3 is 0 Å². The Balaban J connectivity index is 0.00000242. The summed E-state index contributed by atoms with van der Waals surface area (Å²) in [7, 11) is 1.92. The normalized spacial score (nSPS) is 18.3. The number of para-hydroxylation sites is 2. The number of piperidine rings is 1. The number of likely N-dealkylation sites (N-methyl/N-ethyl adjacent to an activating group) is 1. The molecule has 2 rings (SSSR count). The van der Waals surface area contributed by atoms with Gasteiger partial charge in [0.15, 0.2) is 0 Å². The van der Waals surface area contributed by atoms with E-state index in [0.29, 0.717) is 6.04 Å². The number of anilines is 1. The third-order valence-corrected chi connectivity index (χ3v) is 3.66. The van der Waals surface area contributed by atoms with Gasteiger partial charge in [0.2, 0.25) is 5.91 Å². The minimum Gasteiger partial charge on any atom is -0.319 e. The highest BCUT2D eigenvalue weighted by Gasteiger charge is 2.21. The van der Waals surface area contributed by atoms with Crippen molar-refractivity contribution in [2.75, 3.05) is 32.0 Å². The van der Waals surface area contributed by atoms with E-state index in [1.165, 1.54) is 6.07 Å². The quantitative estimate of drug-likeness (QED) is 0.633. The van der Waals surface area contributed by atoms with Gasteiger partial charge in [-0.05, 0) is 32.5 Å². The molecule has 2 N–H and O–H groups in total. The molecule has 1 aromatic carbocycles. The fraction of sp³-hybridized carbons (Fsp3) is 0.500. The average Bonchev–Trinajstić information content (AvgIpc) is 2.47. The fourth-order valence-electron chi connectivity index (χ4n) is 2.57. The van der Waals surface area contributed by atoms with Crippen molar-refractivity contribution in [3.8, 4) is 0 Å². The number of carbonyl (C=O) groups is 1. The smallest absolute Gasteiger partial charge is 0.292 e. The van der Waals surface area contributed by atoms with Crippen LogP contribution in [-0.2, 0) is 4.79 Å². The maximum absolute atomic E-state index is 12.1. The molecule has 0 saturated carbocycles. The molecule has 22 heavy (non-hydrogen) atoms. The minimum absolute atomic E-state index is 0. The lowest BCUT2D eigenvalue weighted by atomic mass is 10.1. The van der Waals surface area contributed by atoms with Crippen LogP contribution < -0.4 is 10.6 Å². The minimum atomic E-state index is -0.493. The Kier molecular flexibility index (Phi) is 7.23. The second kappa shape index (κ2) is 8.67. The highest BCUT2D eigenvalue weighted by molar-refractivity contribution is 5.94. The van der Waals surface area contributed by atoms with Crippen molar-refractivity contribution in [3.05, 3.63) is 34.4 Å². The molecule has 1 aliphatic heterocycles. The third-order valence-electron chi connectivity index (χ3n) is 3.66. The Labute approximate surface area is 135 Å². The van der Waals surface area contributed by atoms with Crippen LogP contribution in [0.1, 0.15) is 12.8 Å². The van der Waals surface area contributed by atoms with E-state index < -0.39 is 4.92 Å².